The van der Waals surface area contributed by atoms with Crippen LogP contribution >= 0.6 is 15.9 Å². The Morgan fingerprint density at radius 1 is 1.07 bits per heavy atom. The van der Waals surface area contributed by atoms with Crippen LogP contribution in [0, 0.1) is 11.8 Å². The molecule has 6 atom stereocenters. The normalized spacial score (nSPS) is 32.4. The van der Waals surface area contributed by atoms with E-state index in [1.807, 2.05) is 63.3 Å². The van der Waals surface area contributed by atoms with Crippen molar-refractivity contribution in [2.75, 3.05) is 26.3 Å². The summed E-state index contributed by atoms with van der Waals surface area (Å²) in [5.74, 6) is -3.24. The molecule has 5 bridgehead atoms. The van der Waals surface area contributed by atoms with E-state index in [1.165, 1.54) is 0 Å². The van der Waals surface area contributed by atoms with Gasteiger partial charge in [-0.05, 0) is 51.7 Å². The summed E-state index contributed by atoms with van der Waals surface area (Å²) in [6, 6.07) is 7.60. The van der Waals surface area contributed by atoms with Crippen LogP contribution in [0.25, 0.3) is 0 Å². The minimum Gasteiger partial charge on any atom is -0.463 e. The Morgan fingerprint density at radius 2 is 1.81 bits per heavy atom. The van der Waals surface area contributed by atoms with Crippen LogP contribution in [0.15, 0.2) is 53.0 Å². The number of nitrogens with one attached hydrogen (secondary N) is 1. The van der Waals surface area contributed by atoms with Gasteiger partial charge in [-0.2, -0.15) is 0 Å². The number of cyclic esters (lactones) is 1. The molecule has 0 aliphatic carbocycles. The van der Waals surface area contributed by atoms with Crippen molar-refractivity contribution in [1.82, 2.24) is 15.1 Å². The van der Waals surface area contributed by atoms with Gasteiger partial charge in [0.2, 0.25) is 17.7 Å². The first-order chi connectivity index (χ1) is 20.5. The number of benzene rings is 1. The number of aliphatic hydroxyl groups excluding tert-OH is 1. The number of rotatable bonds is 5. The van der Waals surface area contributed by atoms with Gasteiger partial charge in [-0.3, -0.25) is 19.2 Å². The van der Waals surface area contributed by atoms with Crippen molar-refractivity contribution < 1.29 is 33.8 Å². The van der Waals surface area contributed by atoms with Gasteiger partial charge in [0, 0.05) is 36.1 Å². The van der Waals surface area contributed by atoms with Gasteiger partial charge in [0.15, 0.2) is 0 Å². The van der Waals surface area contributed by atoms with Gasteiger partial charge < -0.3 is 29.7 Å². The number of hydrogen-bond acceptors (Lipinski definition) is 7. The zero-order valence-electron chi connectivity index (χ0n) is 24.8. The van der Waals surface area contributed by atoms with E-state index in [9.17, 15) is 24.3 Å². The van der Waals surface area contributed by atoms with Gasteiger partial charge in [-0.1, -0.05) is 58.4 Å². The van der Waals surface area contributed by atoms with Crippen LogP contribution in [0.3, 0.4) is 0 Å². The Hall–Kier alpha value is -3.02. The number of fused-ring (bicyclic) bond motifs is 2. The monoisotopic (exact) mass is 657 g/mol. The predicted molar refractivity (Wildman–Crippen MR) is 162 cm³/mol. The van der Waals surface area contributed by atoms with Gasteiger partial charge >= 0.3 is 5.97 Å². The van der Waals surface area contributed by atoms with Crippen molar-refractivity contribution in [3.8, 4) is 0 Å². The number of carbonyl (C=O) groups is 4. The van der Waals surface area contributed by atoms with E-state index >= 15 is 0 Å². The third kappa shape index (κ3) is 5.91. The lowest BCUT2D eigenvalue weighted by Gasteiger charge is -2.41. The number of nitrogens with zero attached hydrogens (tertiary/aromatic N) is 2. The van der Waals surface area contributed by atoms with Gasteiger partial charge in [-0.25, -0.2) is 0 Å². The molecular formula is C32H40BrN3O7. The molecule has 2 N–H and O–H groups in total. The lowest BCUT2D eigenvalue weighted by atomic mass is 9.73. The molecule has 0 aromatic heterocycles. The topological polar surface area (TPSA) is 125 Å². The fourth-order valence-electron chi connectivity index (χ4n) is 6.69. The third-order valence-corrected chi connectivity index (χ3v) is 9.42. The number of esters is 1. The lowest BCUT2D eigenvalue weighted by Crippen LogP contribution is -2.59. The Labute approximate surface area is 260 Å². The van der Waals surface area contributed by atoms with Gasteiger partial charge in [0.25, 0.3) is 0 Å². The summed E-state index contributed by atoms with van der Waals surface area (Å²) in [4.78, 5) is 58.9. The quantitative estimate of drug-likeness (QED) is 0.283. The molecule has 11 heteroatoms. The Balaban J connectivity index is 1.59. The molecule has 2 fully saturated rings. The number of aliphatic hydroxyl groups is 1. The summed E-state index contributed by atoms with van der Waals surface area (Å²) < 4.78 is 12.8. The second kappa shape index (κ2) is 12.5. The van der Waals surface area contributed by atoms with Gasteiger partial charge in [0.05, 0.1) is 17.9 Å². The second-order valence-electron chi connectivity index (χ2n) is 12.6. The fraction of sp³-hybridized carbons (Fsp3) is 0.562. The van der Waals surface area contributed by atoms with Gasteiger partial charge in [0.1, 0.15) is 24.4 Å². The molecule has 4 aliphatic rings. The molecule has 232 valence electrons. The zero-order valence-corrected chi connectivity index (χ0v) is 26.4. The summed E-state index contributed by atoms with van der Waals surface area (Å²) >= 11 is 3.59. The highest BCUT2D eigenvalue weighted by atomic mass is 79.9. The first-order valence-electron chi connectivity index (χ1n) is 14.9. The highest BCUT2D eigenvalue weighted by Crippen LogP contribution is 2.58. The van der Waals surface area contributed by atoms with E-state index < -0.39 is 53.0 Å². The van der Waals surface area contributed by atoms with Crippen molar-refractivity contribution >= 4 is 39.6 Å². The number of halogens is 1. The Morgan fingerprint density at radius 3 is 2.51 bits per heavy atom. The molecule has 0 saturated carbocycles. The van der Waals surface area contributed by atoms with Gasteiger partial charge in [-0.15, -0.1) is 0 Å². The molecule has 5 rings (SSSR count). The molecule has 1 spiro atoms. The second-order valence-corrected chi connectivity index (χ2v) is 13.5. The Bertz CT molecular complexity index is 1310. The molecule has 0 unspecified atom stereocenters. The van der Waals surface area contributed by atoms with E-state index in [1.54, 1.807) is 15.9 Å². The van der Waals surface area contributed by atoms with Crippen molar-refractivity contribution in [3.63, 3.8) is 0 Å². The largest absolute Gasteiger partial charge is 0.463 e. The molecule has 4 heterocycles. The van der Waals surface area contributed by atoms with E-state index in [-0.39, 0.29) is 44.5 Å². The molecule has 2 saturated heterocycles. The smallest absolute Gasteiger partial charge is 0.306 e. The SMILES string of the molecule is CC(C)(C)N1C/C=C\CCC(=O)OC[C@@H](c2ccccc2)NC(=O)[C@@H]2[C@H]3O[C@@]4(C=C3Br)[C@H](C1=O)N(CCCCO)C(=O)[C@@H]24. The summed E-state index contributed by atoms with van der Waals surface area (Å²) in [5.41, 5.74) is -1.18. The maximum absolute atomic E-state index is 14.6. The van der Waals surface area contributed by atoms with Crippen LogP contribution in [0.2, 0.25) is 0 Å². The third-order valence-electron chi connectivity index (χ3n) is 8.74. The standard InChI is InChI=1S/C32H40BrN3O7/c1-31(2,3)36-16-9-5-8-14-23(38)42-19-22(20-12-6-4-7-13-20)34-28(39)24-25-29(40)35(15-10-11-17-37)27(30(36)41)32(25)18-21(33)26(24)43-32/h4-7,9,12-13,18,22,24-27,37H,8,10-11,14-17,19H2,1-3H3,(H,34,39)/b9-5-/t22-,24-,25+,26-,27-,32+/m0/s1. The summed E-state index contributed by atoms with van der Waals surface area (Å²) in [7, 11) is 0. The highest BCUT2D eigenvalue weighted by Gasteiger charge is 2.74. The number of unbranched alkanes of at least 4 members (excludes halogenated alkanes) is 1. The number of carbonyl (C=O) groups excluding carboxylic acids is 4. The number of allylic oxidation sites excluding steroid dienone is 1. The summed E-state index contributed by atoms with van der Waals surface area (Å²) in [5, 5.41) is 12.5. The van der Waals surface area contributed by atoms with Crippen molar-refractivity contribution in [3.05, 3.63) is 58.6 Å². The van der Waals surface area contributed by atoms with Crippen molar-refractivity contribution in [1.29, 1.82) is 0 Å². The highest BCUT2D eigenvalue weighted by molar-refractivity contribution is 9.11. The maximum Gasteiger partial charge on any atom is 0.306 e. The molecule has 1 aromatic rings. The molecule has 4 aliphatic heterocycles. The van der Waals surface area contributed by atoms with Crippen LogP contribution in [0.1, 0.15) is 58.1 Å². The number of ether oxygens (including phenoxy) is 2. The maximum atomic E-state index is 14.6. The first kappa shape index (κ1) is 31.4. The predicted octanol–water partition coefficient (Wildman–Crippen LogP) is 3.01. The minimum absolute atomic E-state index is 0.0331. The summed E-state index contributed by atoms with van der Waals surface area (Å²) in [6.45, 7) is 6.20. The van der Waals surface area contributed by atoms with Crippen molar-refractivity contribution in [2.45, 2.75) is 75.8 Å². The van der Waals surface area contributed by atoms with E-state index in [0.717, 1.165) is 5.56 Å². The number of hydrogen-bond donors (Lipinski definition) is 2. The minimum atomic E-state index is -1.34. The van der Waals surface area contributed by atoms with Crippen LogP contribution in [0.4, 0.5) is 0 Å². The Kier molecular flexibility index (Phi) is 9.15. The molecule has 43 heavy (non-hydrogen) atoms. The molecule has 3 amide bonds. The van der Waals surface area contributed by atoms with Crippen molar-refractivity contribution in [2.24, 2.45) is 11.8 Å². The average molecular weight is 659 g/mol. The van der Waals surface area contributed by atoms with E-state index in [0.29, 0.717) is 23.7 Å². The number of amides is 3. The lowest BCUT2D eigenvalue weighted by molar-refractivity contribution is -0.150. The van der Waals surface area contributed by atoms with Crippen LogP contribution < -0.4 is 5.32 Å². The number of likely N-dealkylation sites (tertiary alicyclic amines) is 1. The zero-order chi connectivity index (χ0) is 30.9. The molecule has 1 aromatic carbocycles. The molecule has 0 radical (unpaired) electrons. The first-order valence-corrected chi connectivity index (χ1v) is 15.7. The van der Waals surface area contributed by atoms with E-state index in [2.05, 4.69) is 21.2 Å². The fourth-order valence-corrected chi connectivity index (χ4v) is 7.43. The van der Waals surface area contributed by atoms with Crippen LogP contribution in [0.5, 0.6) is 0 Å². The summed E-state index contributed by atoms with van der Waals surface area (Å²) in [6.07, 6.45) is 6.32. The van der Waals surface area contributed by atoms with Crippen LogP contribution in [-0.2, 0) is 28.7 Å². The molecular weight excluding hydrogens is 618 g/mol. The van der Waals surface area contributed by atoms with E-state index in [4.69, 9.17) is 9.47 Å². The average Bonchev–Trinajstić information content (AvgIpc) is 3.55. The van der Waals surface area contributed by atoms with Crippen LogP contribution in [-0.4, -0.2) is 88.2 Å². The molecule has 10 nitrogen and oxygen atoms in total.